The predicted molar refractivity (Wildman–Crippen MR) is 89.7 cm³/mol. The summed E-state index contributed by atoms with van der Waals surface area (Å²) in [7, 11) is -2.56. The summed E-state index contributed by atoms with van der Waals surface area (Å²) in [5.41, 5.74) is -0.885. The standard InChI is InChI=1S/C14H20ClN3O5S/c1-23-10-14(5-7-16-8-6-14)9-17-24(21,22)13-11(15)3-2-4-12(13)18(19)20/h2-4,16-17H,5-10H2,1H3. The zero-order chi connectivity index (χ0) is 17.8. The minimum Gasteiger partial charge on any atom is -0.384 e. The van der Waals surface area contributed by atoms with E-state index in [-0.39, 0.29) is 17.0 Å². The van der Waals surface area contributed by atoms with Crippen LogP contribution in [0.1, 0.15) is 12.8 Å². The molecule has 1 aliphatic rings. The van der Waals surface area contributed by atoms with Gasteiger partial charge in [-0.15, -0.1) is 0 Å². The third kappa shape index (κ3) is 4.22. The molecule has 1 saturated heterocycles. The van der Waals surface area contributed by atoms with Crippen LogP contribution in [0.15, 0.2) is 23.1 Å². The number of benzene rings is 1. The summed E-state index contributed by atoms with van der Waals surface area (Å²) in [5.74, 6) is 0. The molecule has 8 nitrogen and oxygen atoms in total. The van der Waals surface area contributed by atoms with E-state index in [9.17, 15) is 18.5 Å². The number of nitrogens with one attached hydrogen (secondary N) is 2. The van der Waals surface area contributed by atoms with Gasteiger partial charge in [-0.1, -0.05) is 17.7 Å². The molecule has 2 N–H and O–H groups in total. The number of nitrogens with zero attached hydrogens (tertiary/aromatic N) is 1. The molecule has 0 radical (unpaired) electrons. The largest absolute Gasteiger partial charge is 0.384 e. The molecule has 1 aromatic carbocycles. The summed E-state index contributed by atoms with van der Waals surface area (Å²) in [5, 5.41) is 14.2. The molecule has 1 aromatic rings. The van der Waals surface area contributed by atoms with Crippen molar-refractivity contribution in [3.05, 3.63) is 33.3 Å². The number of hydrogen-bond acceptors (Lipinski definition) is 6. The minimum absolute atomic E-state index is 0.132. The second-order valence-corrected chi connectivity index (χ2v) is 7.96. The second-order valence-electron chi connectivity index (χ2n) is 5.85. The lowest BCUT2D eigenvalue weighted by atomic mass is 9.80. The molecular formula is C14H20ClN3O5S. The normalized spacial score (nSPS) is 17.6. The summed E-state index contributed by atoms with van der Waals surface area (Å²) in [4.78, 5) is 9.86. The Morgan fingerprint density at radius 1 is 1.42 bits per heavy atom. The molecular weight excluding hydrogens is 358 g/mol. The molecule has 1 aliphatic heterocycles. The van der Waals surface area contributed by atoms with Crippen LogP contribution in [0.3, 0.4) is 0 Å². The third-order valence-electron chi connectivity index (χ3n) is 4.16. The fourth-order valence-corrected chi connectivity index (χ4v) is 4.72. The molecule has 0 atom stereocenters. The van der Waals surface area contributed by atoms with Gasteiger partial charge in [0.05, 0.1) is 16.6 Å². The molecule has 1 fully saturated rings. The first kappa shape index (κ1) is 19.1. The van der Waals surface area contributed by atoms with Crippen LogP contribution in [0, 0.1) is 15.5 Å². The first-order valence-electron chi connectivity index (χ1n) is 7.44. The van der Waals surface area contributed by atoms with Crippen molar-refractivity contribution in [1.29, 1.82) is 0 Å². The van der Waals surface area contributed by atoms with E-state index in [1.54, 1.807) is 7.11 Å². The minimum atomic E-state index is -4.12. The summed E-state index contributed by atoms with van der Waals surface area (Å²) in [6, 6.07) is 3.78. The fraction of sp³-hybridized carbons (Fsp3) is 0.571. The number of nitro benzene ring substituents is 1. The SMILES string of the molecule is COCC1(CNS(=O)(=O)c2c(Cl)cccc2[N+](=O)[O-])CCNCC1. The number of rotatable bonds is 7. The number of methoxy groups -OCH3 is 1. The first-order valence-corrected chi connectivity index (χ1v) is 9.30. The van der Waals surface area contributed by atoms with Crippen molar-refractivity contribution in [2.75, 3.05) is 33.4 Å². The molecule has 1 heterocycles. The van der Waals surface area contributed by atoms with E-state index in [2.05, 4.69) is 10.0 Å². The number of sulfonamides is 1. The Morgan fingerprint density at radius 3 is 2.67 bits per heavy atom. The maximum absolute atomic E-state index is 12.6. The summed E-state index contributed by atoms with van der Waals surface area (Å²) >= 11 is 5.92. The van der Waals surface area contributed by atoms with Crippen molar-refractivity contribution >= 4 is 27.3 Å². The highest BCUT2D eigenvalue weighted by Gasteiger charge is 2.35. The second kappa shape index (κ2) is 7.75. The van der Waals surface area contributed by atoms with Gasteiger partial charge < -0.3 is 10.1 Å². The number of piperidine rings is 1. The van der Waals surface area contributed by atoms with Gasteiger partial charge >= 0.3 is 0 Å². The van der Waals surface area contributed by atoms with Gasteiger partial charge in [0, 0.05) is 25.1 Å². The van der Waals surface area contributed by atoms with Gasteiger partial charge in [-0.05, 0) is 32.0 Å². The Kier molecular flexibility index (Phi) is 6.16. The van der Waals surface area contributed by atoms with E-state index in [0.29, 0.717) is 6.61 Å². The Bertz CT molecular complexity index is 699. The zero-order valence-electron chi connectivity index (χ0n) is 13.2. The maximum Gasteiger partial charge on any atom is 0.290 e. The number of ether oxygens (including phenoxy) is 1. The predicted octanol–water partition coefficient (Wildman–Crippen LogP) is 1.54. The van der Waals surface area contributed by atoms with Crippen LogP contribution < -0.4 is 10.0 Å². The third-order valence-corrected chi connectivity index (χ3v) is 6.08. The summed E-state index contributed by atoms with van der Waals surface area (Å²) in [6.07, 6.45) is 1.49. The van der Waals surface area contributed by atoms with Crippen LogP contribution in [0.5, 0.6) is 0 Å². The van der Waals surface area contributed by atoms with Crippen LogP contribution >= 0.6 is 11.6 Å². The Balaban J connectivity index is 2.27. The molecule has 0 saturated carbocycles. The lowest BCUT2D eigenvalue weighted by Crippen LogP contribution is -2.47. The smallest absolute Gasteiger partial charge is 0.290 e. The number of hydrogen-bond donors (Lipinski definition) is 2. The zero-order valence-corrected chi connectivity index (χ0v) is 14.8. The van der Waals surface area contributed by atoms with E-state index >= 15 is 0 Å². The van der Waals surface area contributed by atoms with Crippen molar-refractivity contribution in [2.45, 2.75) is 17.7 Å². The van der Waals surface area contributed by atoms with Crippen molar-refractivity contribution in [3.63, 3.8) is 0 Å². The lowest BCUT2D eigenvalue weighted by molar-refractivity contribution is -0.387. The summed E-state index contributed by atoms with van der Waals surface area (Å²) < 4.78 is 32.9. The maximum atomic E-state index is 12.6. The molecule has 0 aliphatic carbocycles. The van der Waals surface area contributed by atoms with E-state index in [4.69, 9.17) is 16.3 Å². The Morgan fingerprint density at radius 2 is 2.08 bits per heavy atom. The molecule has 0 unspecified atom stereocenters. The average molecular weight is 378 g/mol. The Hall–Kier alpha value is -1.26. The molecule has 24 heavy (non-hydrogen) atoms. The van der Waals surface area contributed by atoms with Crippen LogP contribution in [-0.2, 0) is 14.8 Å². The van der Waals surface area contributed by atoms with Crippen LogP contribution in [0.4, 0.5) is 5.69 Å². The molecule has 2 rings (SSSR count). The van der Waals surface area contributed by atoms with Crippen molar-refractivity contribution in [3.8, 4) is 0 Å². The molecule has 10 heteroatoms. The van der Waals surface area contributed by atoms with Gasteiger partial charge in [-0.25, -0.2) is 13.1 Å². The first-order chi connectivity index (χ1) is 11.3. The molecule has 0 spiro atoms. The summed E-state index contributed by atoms with van der Waals surface area (Å²) in [6.45, 7) is 2.06. The van der Waals surface area contributed by atoms with Crippen LogP contribution in [0.2, 0.25) is 5.02 Å². The number of halogens is 1. The molecule has 0 amide bonds. The van der Waals surface area contributed by atoms with Crippen LogP contribution in [-0.4, -0.2) is 46.7 Å². The van der Waals surface area contributed by atoms with Gasteiger partial charge in [0.2, 0.25) is 10.0 Å². The lowest BCUT2D eigenvalue weighted by Gasteiger charge is -2.37. The quantitative estimate of drug-likeness (QED) is 0.551. The van der Waals surface area contributed by atoms with Crippen molar-refractivity contribution in [1.82, 2.24) is 10.0 Å². The van der Waals surface area contributed by atoms with E-state index in [1.807, 2.05) is 0 Å². The Labute approximate surface area is 145 Å². The molecule has 0 bridgehead atoms. The average Bonchev–Trinajstić information content (AvgIpc) is 2.54. The van der Waals surface area contributed by atoms with Gasteiger partial charge in [0.1, 0.15) is 0 Å². The van der Waals surface area contributed by atoms with Gasteiger partial charge in [0.15, 0.2) is 4.90 Å². The van der Waals surface area contributed by atoms with Gasteiger partial charge in [-0.3, -0.25) is 10.1 Å². The van der Waals surface area contributed by atoms with Crippen molar-refractivity contribution in [2.24, 2.45) is 5.41 Å². The highest BCUT2D eigenvalue weighted by atomic mass is 35.5. The molecule has 0 aromatic heterocycles. The van der Waals surface area contributed by atoms with E-state index < -0.39 is 25.5 Å². The van der Waals surface area contributed by atoms with Gasteiger partial charge in [-0.2, -0.15) is 0 Å². The van der Waals surface area contributed by atoms with Gasteiger partial charge in [0.25, 0.3) is 5.69 Å². The van der Waals surface area contributed by atoms with E-state index in [0.717, 1.165) is 32.0 Å². The monoisotopic (exact) mass is 377 g/mol. The van der Waals surface area contributed by atoms with Crippen molar-refractivity contribution < 1.29 is 18.1 Å². The highest BCUT2D eigenvalue weighted by molar-refractivity contribution is 7.89. The molecule has 134 valence electrons. The number of nitro groups is 1. The van der Waals surface area contributed by atoms with E-state index in [1.165, 1.54) is 12.1 Å². The van der Waals surface area contributed by atoms with Crippen LogP contribution in [0.25, 0.3) is 0 Å². The highest BCUT2D eigenvalue weighted by Crippen LogP contribution is 2.33. The topological polar surface area (TPSA) is 111 Å². The fourth-order valence-electron chi connectivity index (χ4n) is 2.86.